The number of rotatable bonds is 7. The molecule has 0 aliphatic rings. The maximum atomic E-state index is 12.8. The van der Waals surface area contributed by atoms with Gasteiger partial charge in [-0.3, -0.25) is 4.79 Å². The van der Waals surface area contributed by atoms with E-state index in [9.17, 15) is 4.79 Å². The lowest BCUT2D eigenvalue weighted by molar-refractivity contribution is 0.0760. The molecule has 21 heavy (non-hydrogen) atoms. The monoisotopic (exact) mass is 301 g/mol. The Kier molecular flexibility index (Phi) is 5.58. The van der Waals surface area contributed by atoms with E-state index in [1.807, 2.05) is 42.6 Å². The molecule has 0 fully saturated rings. The van der Waals surface area contributed by atoms with Gasteiger partial charge in [0.15, 0.2) is 0 Å². The lowest BCUT2D eigenvalue weighted by Crippen LogP contribution is -2.30. The van der Waals surface area contributed by atoms with Crippen molar-refractivity contribution < 1.29 is 9.53 Å². The summed E-state index contributed by atoms with van der Waals surface area (Å²) in [7, 11) is 0. The van der Waals surface area contributed by atoms with Gasteiger partial charge < -0.3 is 9.64 Å². The van der Waals surface area contributed by atoms with E-state index < -0.39 is 0 Å². The van der Waals surface area contributed by atoms with Gasteiger partial charge in [0.2, 0.25) is 0 Å². The van der Waals surface area contributed by atoms with Crippen molar-refractivity contribution in [3.05, 3.63) is 64.9 Å². The molecule has 1 aromatic carbocycles. The molecular formula is C17H19NO2S. The van der Waals surface area contributed by atoms with Crippen LogP contribution in [0.4, 0.5) is 0 Å². The largest absolute Gasteiger partial charge is 0.493 e. The summed E-state index contributed by atoms with van der Waals surface area (Å²) in [6, 6.07) is 11.4. The molecule has 110 valence electrons. The smallest absolute Gasteiger partial charge is 0.258 e. The minimum Gasteiger partial charge on any atom is -0.493 e. The number of amides is 1. The number of hydrogen-bond donors (Lipinski definition) is 0. The maximum Gasteiger partial charge on any atom is 0.258 e. The van der Waals surface area contributed by atoms with E-state index in [2.05, 4.69) is 6.58 Å². The third-order valence-corrected chi connectivity index (χ3v) is 3.84. The normalized spacial score (nSPS) is 10.1. The molecule has 0 saturated carbocycles. The first-order valence-electron chi connectivity index (χ1n) is 6.90. The molecular weight excluding hydrogens is 282 g/mol. The van der Waals surface area contributed by atoms with Gasteiger partial charge in [0.05, 0.1) is 18.7 Å². The minimum atomic E-state index is -0.0349. The van der Waals surface area contributed by atoms with Crippen LogP contribution < -0.4 is 4.74 Å². The van der Waals surface area contributed by atoms with Crippen LogP contribution in [-0.2, 0) is 6.54 Å². The zero-order chi connectivity index (χ0) is 15.1. The minimum absolute atomic E-state index is 0.0349. The molecule has 0 saturated heterocycles. The first-order valence-corrected chi connectivity index (χ1v) is 7.78. The number of carbonyl (C=O) groups is 1. The van der Waals surface area contributed by atoms with Crippen molar-refractivity contribution >= 4 is 17.2 Å². The number of hydrogen-bond acceptors (Lipinski definition) is 3. The Morgan fingerprint density at radius 3 is 2.81 bits per heavy atom. The highest BCUT2D eigenvalue weighted by molar-refractivity contribution is 7.09. The molecule has 2 aromatic rings. The van der Waals surface area contributed by atoms with Crippen LogP contribution in [0.15, 0.2) is 54.4 Å². The lowest BCUT2D eigenvalue weighted by atomic mass is 10.1. The van der Waals surface area contributed by atoms with Crippen LogP contribution in [0, 0.1) is 0 Å². The molecule has 0 atom stereocenters. The number of carbonyl (C=O) groups excluding carboxylic acids is 1. The molecule has 4 heteroatoms. The molecule has 2 rings (SSSR count). The van der Waals surface area contributed by atoms with Crippen molar-refractivity contribution in [2.75, 3.05) is 13.2 Å². The molecule has 0 bridgehead atoms. The number of benzene rings is 1. The van der Waals surface area contributed by atoms with Gasteiger partial charge in [0.25, 0.3) is 5.91 Å². The number of nitrogens with zero attached hydrogens (tertiary/aromatic N) is 1. The zero-order valence-corrected chi connectivity index (χ0v) is 12.9. The van der Waals surface area contributed by atoms with E-state index in [0.29, 0.717) is 31.0 Å². The molecule has 1 aromatic heterocycles. The van der Waals surface area contributed by atoms with Gasteiger partial charge >= 0.3 is 0 Å². The second-order valence-electron chi connectivity index (χ2n) is 4.48. The third kappa shape index (κ3) is 3.95. The van der Waals surface area contributed by atoms with E-state index in [1.165, 1.54) is 0 Å². The predicted molar refractivity (Wildman–Crippen MR) is 86.9 cm³/mol. The molecule has 0 N–H and O–H groups in total. The molecule has 0 radical (unpaired) electrons. The summed E-state index contributed by atoms with van der Waals surface area (Å²) in [5.74, 6) is 0.595. The van der Waals surface area contributed by atoms with Crippen molar-refractivity contribution in [2.45, 2.75) is 13.5 Å². The Morgan fingerprint density at radius 2 is 2.14 bits per heavy atom. The summed E-state index contributed by atoms with van der Waals surface area (Å²) in [5, 5.41) is 2.01. The van der Waals surface area contributed by atoms with Crippen LogP contribution in [0.1, 0.15) is 22.2 Å². The second kappa shape index (κ2) is 7.64. The summed E-state index contributed by atoms with van der Waals surface area (Å²) in [6.07, 6.45) is 1.74. The Morgan fingerprint density at radius 1 is 1.33 bits per heavy atom. The molecule has 0 spiro atoms. The summed E-state index contributed by atoms with van der Waals surface area (Å²) in [5.41, 5.74) is 0.595. The highest BCUT2D eigenvalue weighted by atomic mass is 32.1. The van der Waals surface area contributed by atoms with E-state index in [4.69, 9.17) is 4.74 Å². The fraction of sp³-hybridized carbons (Fsp3) is 0.235. The van der Waals surface area contributed by atoms with Gasteiger partial charge in [-0.1, -0.05) is 24.3 Å². The average Bonchev–Trinajstić information content (AvgIpc) is 3.00. The topological polar surface area (TPSA) is 29.5 Å². The standard InChI is InChI=1S/C17H19NO2S/c1-3-11-18(13-14-8-7-12-21-14)17(19)15-9-5-6-10-16(15)20-4-2/h3,5-10,12H,1,4,11,13H2,2H3. The van der Waals surface area contributed by atoms with E-state index in [1.54, 1.807) is 28.4 Å². The highest BCUT2D eigenvalue weighted by Crippen LogP contribution is 2.21. The van der Waals surface area contributed by atoms with Gasteiger partial charge in [-0.25, -0.2) is 0 Å². The first kappa shape index (κ1) is 15.3. The summed E-state index contributed by atoms with van der Waals surface area (Å²) in [4.78, 5) is 15.7. The van der Waals surface area contributed by atoms with E-state index in [-0.39, 0.29) is 5.91 Å². The van der Waals surface area contributed by atoms with Gasteiger partial charge in [0.1, 0.15) is 5.75 Å². The Balaban J connectivity index is 2.23. The number of para-hydroxylation sites is 1. The summed E-state index contributed by atoms with van der Waals surface area (Å²) in [6.45, 7) is 7.29. The van der Waals surface area contributed by atoms with Crippen LogP contribution in [0.25, 0.3) is 0 Å². The molecule has 0 unspecified atom stereocenters. The lowest BCUT2D eigenvalue weighted by Gasteiger charge is -2.21. The van der Waals surface area contributed by atoms with Crippen LogP contribution >= 0.6 is 11.3 Å². The van der Waals surface area contributed by atoms with E-state index in [0.717, 1.165) is 4.88 Å². The van der Waals surface area contributed by atoms with Crippen LogP contribution in [0.5, 0.6) is 5.75 Å². The Hall–Kier alpha value is -2.07. The number of thiophene rings is 1. The average molecular weight is 301 g/mol. The fourth-order valence-electron chi connectivity index (χ4n) is 2.06. The van der Waals surface area contributed by atoms with Crippen LogP contribution in [0.2, 0.25) is 0 Å². The predicted octanol–water partition coefficient (Wildman–Crippen LogP) is 3.98. The quantitative estimate of drug-likeness (QED) is 0.724. The fourth-order valence-corrected chi connectivity index (χ4v) is 2.78. The Labute approximate surface area is 129 Å². The van der Waals surface area contributed by atoms with E-state index >= 15 is 0 Å². The molecule has 1 heterocycles. The SMILES string of the molecule is C=CCN(Cc1cccs1)C(=O)c1ccccc1OCC. The Bertz CT molecular complexity index is 593. The second-order valence-corrected chi connectivity index (χ2v) is 5.52. The third-order valence-electron chi connectivity index (χ3n) is 2.98. The van der Waals surface area contributed by atoms with Gasteiger partial charge in [0, 0.05) is 11.4 Å². The summed E-state index contributed by atoms with van der Waals surface area (Å²) >= 11 is 1.64. The molecule has 3 nitrogen and oxygen atoms in total. The van der Waals surface area contributed by atoms with Crippen LogP contribution in [-0.4, -0.2) is 24.0 Å². The number of ether oxygens (including phenoxy) is 1. The maximum absolute atomic E-state index is 12.8. The van der Waals surface area contributed by atoms with Crippen molar-refractivity contribution in [1.82, 2.24) is 4.90 Å². The summed E-state index contributed by atoms with van der Waals surface area (Å²) < 4.78 is 5.55. The van der Waals surface area contributed by atoms with Gasteiger partial charge in [-0.05, 0) is 30.5 Å². The molecule has 0 aliphatic heterocycles. The van der Waals surface area contributed by atoms with Crippen molar-refractivity contribution in [3.8, 4) is 5.75 Å². The highest BCUT2D eigenvalue weighted by Gasteiger charge is 2.19. The van der Waals surface area contributed by atoms with Crippen molar-refractivity contribution in [3.63, 3.8) is 0 Å². The van der Waals surface area contributed by atoms with Crippen LogP contribution in [0.3, 0.4) is 0 Å². The van der Waals surface area contributed by atoms with Crippen molar-refractivity contribution in [1.29, 1.82) is 0 Å². The van der Waals surface area contributed by atoms with Gasteiger partial charge in [-0.2, -0.15) is 0 Å². The molecule has 0 aliphatic carbocycles. The first-order chi connectivity index (χ1) is 10.3. The zero-order valence-electron chi connectivity index (χ0n) is 12.1. The molecule has 1 amide bonds. The van der Waals surface area contributed by atoms with Crippen molar-refractivity contribution in [2.24, 2.45) is 0 Å². The van der Waals surface area contributed by atoms with Gasteiger partial charge in [-0.15, -0.1) is 17.9 Å².